The maximum atomic E-state index is 12.3. The molecule has 2 amide bonds. The smallest absolute Gasteiger partial charge is 0.321 e. The van der Waals surface area contributed by atoms with Crippen molar-refractivity contribution < 1.29 is 9.21 Å². The van der Waals surface area contributed by atoms with Crippen molar-refractivity contribution in [2.45, 2.75) is 20.4 Å². The van der Waals surface area contributed by atoms with Crippen LogP contribution in [0.3, 0.4) is 0 Å². The molecule has 128 valence electrons. The van der Waals surface area contributed by atoms with Gasteiger partial charge in [0, 0.05) is 18.3 Å². The molecule has 1 N–H and O–H groups in total. The Hall–Kier alpha value is -3.08. The summed E-state index contributed by atoms with van der Waals surface area (Å²) in [5.41, 5.74) is 3.58. The number of hydrogen-bond acceptors (Lipinski definition) is 3. The fourth-order valence-electron chi connectivity index (χ4n) is 2.54. The number of nitrogens with one attached hydrogen (secondary N) is 1. The molecule has 0 saturated heterocycles. The van der Waals surface area contributed by atoms with Crippen LogP contribution in [0.15, 0.2) is 59.0 Å². The van der Waals surface area contributed by atoms with Gasteiger partial charge in [0.25, 0.3) is 0 Å². The molecule has 0 aliphatic carbocycles. The summed E-state index contributed by atoms with van der Waals surface area (Å²) < 4.78 is 5.81. The first-order valence-electron chi connectivity index (χ1n) is 8.14. The van der Waals surface area contributed by atoms with Crippen LogP contribution in [-0.4, -0.2) is 23.0 Å². The number of anilines is 1. The zero-order valence-corrected chi connectivity index (χ0v) is 14.6. The van der Waals surface area contributed by atoms with Crippen molar-refractivity contribution in [3.8, 4) is 11.5 Å². The molecular formula is C20H21N3O2. The summed E-state index contributed by atoms with van der Waals surface area (Å²) >= 11 is 0. The van der Waals surface area contributed by atoms with Gasteiger partial charge in [-0.1, -0.05) is 36.4 Å². The molecule has 0 saturated carbocycles. The van der Waals surface area contributed by atoms with E-state index in [0.717, 1.165) is 28.3 Å². The lowest BCUT2D eigenvalue weighted by Crippen LogP contribution is -2.31. The highest BCUT2D eigenvalue weighted by atomic mass is 16.4. The van der Waals surface area contributed by atoms with Crippen molar-refractivity contribution in [3.63, 3.8) is 0 Å². The number of aromatic nitrogens is 1. The SMILES string of the molecule is Cc1ccccc1-c1nc(CN(C)C(=O)Nc2ccccc2)c(C)o1. The van der Waals surface area contributed by atoms with Gasteiger partial charge in [-0.15, -0.1) is 0 Å². The largest absolute Gasteiger partial charge is 0.441 e. The molecule has 2 aromatic carbocycles. The van der Waals surface area contributed by atoms with Crippen molar-refractivity contribution in [1.29, 1.82) is 0 Å². The van der Waals surface area contributed by atoms with Gasteiger partial charge in [-0.2, -0.15) is 0 Å². The first kappa shape index (κ1) is 16.8. The van der Waals surface area contributed by atoms with E-state index >= 15 is 0 Å². The van der Waals surface area contributed by atoms with Crippen LogP contribution >= 0.6 is 0 Å². The molecule has 0 aliphatic rings. The number of hydrogen-bond donors (Lipinski definition) is 1. The van der Waals surface area contributed by atoms with E-state index < -0.39 is 0 Å². The summed E-state index contributed by atoms with van der Waals surface area (Å²) in [5, 5.41) is 2.86. The van der Waals surface area contributed by atoms with E-state index in [0.29, 0.717) is 12.4 Å². The zero-order valence-electron chi connectivity index (χ0n) is 14.6. The van der Waals surface area contributed by atoms with Crippen molar-refractivity contribution in [2.75, 3.05) is 12.4 Å². The number of carbonyl (C=O) groups is 1. The normalized spacial score (nSPS) is 10.5. The molecule has 0 atom stereocenters. The van der Waals surface area contributed by atoms with Crippen LogP contribution in [0.5, 0.6) is 0 Å². The lowest BCUT2D eigenvalue weighted by atomic mass is 10.1. The van der Waals surface area contributed by atoms with Gasteiger partial charge < -0.3 is 14.6 Å². The Morgan fingerprint density at radius 1 is 1.08 bits per heavy atom. The van der Waals surface area contributed by atoms with Gasteiger partial charge in [-0.3, -0.25) is 0 Å². The van der Waals surface area contributed by atoms with Gasteiger partial charge in [0.05, 0.1) is 6.54 Å². The van der Waals surface area contributed by atoms with Gasteiger partial charge in [0.15, 0.2) is 0 Å². The van der Waals surface area contributed by atoms with Crippen LogP contribution in [-0.2, 0) is 6.54 Å². The van der Waals surface area contributed by atoms with Gasteiger partial charge in [-0.25, -0.2) is 9.78 Å². The third kappa shape index (κ3) is 3.88. The van der Waals surface area contributed by atoms with E-state index in [1.807, 2.05) is 68.4 Å². The quantitative estimate of drug-likeness (QED) is 0.756. The molecule has 1 heterocycles. The van der Waals surface area contributed by atoms with Crippen molar-refractivity contribution in [1.82, 2.24) is 9.88 Å². The molecular weight excluding hydrogens is 314 g/mol. The summed E-state index contributed by atoms with van der Waals surface area (Å²) in [6, 6.07) is 17.1. The summed E-state index contributed by atoms with van der Waals surface area (Å²) in [6.45, 7) is 4.26. The van der Waals surface area contributed by atoms with Gasteiger partial charge >= 0.3 is 6.03 Å². The maximum Gasteiger partial charge on any atom is 0.321 e. The highest BCUT2D eigenvalue weighted by Crippen LogP contribution is 2.25. The molecule has 5 nitrogen and oxygen atoms in total. The monoisotopic (exact) mass is 335 g/mol. The lowest BCUT2D eigenvalue weighted by Gasteiger charge is -2.16. The average Bonchev–Trinajstić information content (AvgIpc) is 2.96. The highest BCUT2D eigenvalue weighted by molar-refractivity contribution is 5.89. The molecule has 1 aromatic heterocycles. The fourth-order valence-corrected chi connectivity index (χ4v) is 2.54. The number of rotatable bonds is 4. The number of carbonyl (C=O) groups excluding carboxylic acids is 1. The average molecular weight is 335 g/mol. The first-order valence-corrected chi connectivity index (χ1v) is 8.14. The number of amides is 2. The summed E-state index contributed by atoms with van der Waals surface area (Å²) in [7, 11) is 1.74. The summed E-state index contributed by atoms with van der Waals surface area (Å²) in [4.78, 5) is 18.5. The predicted octanol–water partition coefficient (Wildman–Crippen LogP) is 4.62. The molecule has 0 radical (unpaired) electrons. The van der Waals surface area contributed by atoms with E-state index in [1.165, 1.54) is 0 Å². The first-order chi connectivity index (χ1) is 12.0. The molecule has 0 aliphatic heterocycles. The maximum absolute atomic E-state index is 12.3. The molecule has 0 bridgehead atoms. The Labute approximate surface area is 147 Å². The Bertz CT molecular complexity index is 872. The Morgan fingerprint density at radius 3 is 2.48 bits per heavy atom. The Morgan fingerprint density at radius 2 is 1.76 bits per heavy atom. The van der Waals surface area contributed by atoms with E-state index in [4.69, 9.17) is 4.42 Å². The van der Waals surface area contributed by atoms with Gasteiger partial charge in [0.2, 0.25) is 5.89 Å². The van der Waals surface area contributed by atoms with Crippen molar-refractivity contribution >= 4 is 11.7 Å². The molecule has 0 unspecified atom stereocenters. The van der Waals surface area contributed by atoms with Crippen molar-refractivity contribution in [3.05, 3.63) is 71.6 Å². The molecule has 25 heavy (non-hydrogen) atoms. The standard InChI is InChI=1S/C20H21N3O2/c1-14-9-7-8-12-17(14)19-22-18(15(2)25-19)13-23(3)20(24)21-16-10-5-4-6-11-16/h4-12H,13H2,1-3H3,(H,21,24). The van der Waals surface area contributed by atoms with E-state index in [9.17, 15) is 4.79 Å². The topological polar surface area (TPSA) is 58.4 Å². The van der Waals surface area contributed by atoms with Crippen LogP contribution in [0, 0.1) is 13.8 Å². The second-order valence-corrected chi connectivity index (χ2v) is 5.99. The second kappa shape index (κ2) is 7.21. The molecule has 0 fully saturated rings. The minimum absolute atomic E-state index is 0.189. The molecule has 3 aromatic rings. The van der Waals surface area contributed by atoms with Gasteiger partial charge in [-0.05, 0) is 37.6 Å². The van der Waals surface area contributed by atoms with Crippen LogP contribution in [0.4, 0.5) is 10.5 Å². The number of para-hydroxylation sites is 1. The van der Waals surface area contributed by atoms with E-state index in [-0.39, 0.29) is 6.03 Å². The van der Waals surface area contributed by atoms with Crippen molar-refractivity contribution in [2.24, 2.45) is 0 Å². The number of urea groups is 1. The molecule has 5 heteroatoms. The second-order valence-electron chi connectivity index (χ2n) is 5.99. The van der Waals surface area contributed by atoms with Crippen LogP contribution in [0.2, 0.25) is 0 Å². The van der Waals surface area contributed by atoms with Crippen LogP contribution < -0.4 is 5.32 Å². The Kier molecular flexibility index (Phi) is 4.84. The number of aryl methyl sites for hydroxylation is 2. The van der Waals surface area contributed by atoms with Crippen LogP contribution in [0.1, 0.15) is 17.0 Å². The zero-order chi connectivity index (χ0) is 17.8. The Balaban J connectivity index is 1.72. The minimum atomic E-state index is -0.189. The van der Waals surface area contributed by atoms with E-state index in [2.05, 4.69) is 10.3 Å². The summed E-state index contributed by atoms with van der Waals surface area (Å²) in [6.07, 6.45) is 0. The fraction of sp³-hybridized carbons (Fsp3) is 0.200. The third-order valence-corrected chi connectivity index (χ3v) is 4.03. The number of oxazole rings is 1. The number of benzene rings is 2. The third-order valence-electron chi connectivity index (χ3n) is 4.03. The van der Waals surface area contributed by atoms with E-state index in [1.54, 1.807) is 11.9 Å². The highest BCUT2D eigenvalue weighted by Gasteiger charge is 2.17. The lowest BCUT2D eigenvalue weighted by molar-refractivity contribution is 0.220. The van der Waals surface area contributed by atoms with Gasteiger partial charge in [0.1, 0.15) is 11.5 Å². The minimum Gasteiger partial charge on any atom is -0.441 e. The molecule has 0 spiro atoms. The summed E-state index contributed by atoms with van der Waals surface area (Å²) in [5.74, 6) is 1.31. The molecule has 3 rings (SSSR count). The predicted molar refractivity (Wildman–Crippen MR) is 98.3 cm³/mol. The number of nitrogens with zero attached hydrogens (tertiary/aromatic N) is 2. The van der Waals surface area contributed by atoms with Crippen LogP contribution in [0.25, 0.3) is 11.5 Å².